The number of anilines is 2. The Kier molecular flexibility index (Phi) is 6.35. The number of benzene rings is 2. The Bertz CT molecular complexity index is 1550. The maximum atomic E-state index is 14.3. The van der Waals surface area contributed by atoms with E-state index in [1.165, 1.54) is 30.7 Å². The van der Waals surface area contributed by atoms with Crippen molar-refractivity contribution in [2.75, 3.05) is 16.8 Å². The van der Waals surface area contributed by atoms with Gasteiger partial charge < -0.3 is 15.0 Å². The van der Waals surface area contributed by atoms with Gasteiger partial charge in [0.2, 0.25) is 0 Å². The van der Waals surface area contributed by atoms with Crippen LogP contribution in [0.25, 0.3) is 22.5 Å². The van der Waals surface area contributed by atoms with Crippen LogP contribution in [0.15, 0.2) is 48.9 Å². The van der Waals surface area contributed by atoms with Crippen molar-refractivity contribution in [3.8, 4) is 22.5 Å². The molecule has 2 N–H and O–H groups in total. The molecule has 38 heavy (non-hydrogen) atoms. The molecule has 8 nitrogen and oxygen atoms in total. The Morgan fingerprint density at radius 3 is 2.53 bits per heavy atom. The number of nitrogens with one attached hydrogen (secondary N) is 1. The van der Waals surface area contributed by atoms with E-state index in [1.54, 1.807) is 23.7 Å². The molecule has 4 aromatic rings. The number of hydrogen-bond donors (Lipinski definition) is 2. The van der Waals surface area contributed by atoms with Crippen molar-refractivity contribution in [1.29, 1.82) is 0 Å². The summed E-state index contributed by atoms with van der Waals surface area (Å²) in [4.78, 5) is 18.8. The molecule has 196 valence electrons. The van der Waals surface area contributed by atoms with Crippen molar-refractivity contribution in [2.24, 2.45) is 7.05 Å². The molecular weight excluding hydrogens is 504 g/mol. The van der Waals surface area contributed by atoms with Gasteiger partial charge in [0.05, 0.1) is 30.6 Å². The van der Waals surface area contributed by atoms with Gasteiger partial charge in [0.25, 0.3) is 5.91 Å². The molecule has 1 aliphatic heterocycles. The third-order valence-electron chi connectivity index (χ3n) is 6.35. The van der Waals surface area contributed by atoms with Crippen LogP contribution in [0, 0.1) is 5.82 Å². The predicted molar refractivity (Wildman–Crippen MR) is 132 cm³/mol. The number of aliphatic hydroxyl groups is 1. The molecule has 0 radical (unpaired) electrons. The molecular formula is C26H22F4N6O2. The zero-order chi connectivity index (χ0) is 27.2. The average Bonchev–Trinajstić information content (AvgIpc) is 3.46. The van der Waals surface area contributed by atoms with E-state index in [4.69, 9.17) is 0 Å². The summed E-state index contributed by atoms with van der Waals surface area (Å²) in [6, 6.07) is 7.87. The zero-order valence-electron chi connectivity index (χ0n) is 20.3. The number of alkyl halides is 3. The van der Waals surface area contributed by atoms with Gasteiger partial charge in [-0.3, -0.25) is 9.69 Å². The van der Waals surface area contributed by atoms with Crippen LogP contribution in [0.4, 0.5) is 29.1 Å². The van der Waals surface area contributed by atoms with Gasteiger partial charge in [0.15, 0.2) is 5.82 Å². The predicted octanol–water partition coefficient (Wildman–Crippen LogP) is 4.79. The number of rotatable bonds is 6. The maximum Gasteiger partial charge on any atom is 0.416 e. The normalized spacial score (nSPS) is 13.2. The number of aromatic nitrogens is 4. The number of aliphatic hydroxyl groups excluding tert-OH is 1. The van der Waals surface area contributed by atoms with E-state index >= 15 is 0 Å². The van der Waals surface area contributed by atoms with Gasteiger partial charge in [0.1, 0.15) is 18.0 Å². The van der Waals surface area contributed by atoms with Crippen molar-refractivity contribution >= 4 is 17.4 Å². The molecule has 3 heterocycles. The lowest BCUT2D eigenvalue weighted by Crippen LogP contribution is -2.24. The number of amides is 1. The largest absolute Gasteiger partial charge is 0.416 e. The fraction of sp³-hybridized carbons (Fsp3) is 0.231. The first-order chi connectivity index (χ1) is 18.1. The molecule has 0 bridgehead atoms. The minimum Gasteiger partial charge on any atom is -0.392 e. The summed E-state index contributed by atoms with van der Waals surface area (Å²) in [7, 11) is 1.71. The number of nitrogens with zero attached hydrogens (tertiary/aromatic N) is 5. The summed E-state index contributed by atoms with van der Waals surface area (Å²) < 4.78 is 57.4. The molecule has 0 saturated carbocycles. The topological polar surface area (TPSA) is 96.2 Å². The van der Waals surface area contributed by atoms with Crippen LogP contribution in [-0.2, 0) is 26.4 Å². The van der Waals surface area contributed by atoms with Crippen molar-refractivity contribution in [2.45, 2.75) is 26.3 Å². The van der Waals surface area contributed by atoms with Crippen LogP contribution in [0.3, 0.4) is 0 Å². The van der Waals surface area contributed by atoms with E-state index < -0.39 is 30.1 Å². The zero-order valence-corrected chi connectivity index (χ0v) is 20.3. The lowest BCUT2D eigenvalue weighted by Gasteiger charge is -2.20. The molecule has 2 aromatic heterocycles. The second kappa shape index (κ2) is 9.53. The molecule has 1 amide bonds. The summed E-state index contributed by atoms with van der Waals surface area (Å²) in [6.45, 7) is 1.42. The Morgan fingerprint density at radius 2 is 1.87 bits per heavy atom. The molecule has 2 aromatic carbocycles. The number of pyridine rings is 1. The molecule has 0 aliphatic carbocycles. The van der Waals surface area contributed by atoms with Crippen molar-refractivity contribution in [3.63, 3.8) is 0 Å². The van der Waals surface area contributed by atoms with E-state index in [0.29, 0.717) is 34.7 Å². The van der Waals surface area contributed by atoms with Crippen LogP contribution < -0.4 is 10.2 Å². The molecule has 0 spiro atoms. The van der Waals surface area contributed by atoms with Gasteiger partial charge in [-0.25, -0.2) is 9.37 Å². The van der Waals surface area contributed by atoms with Gasteiger partial charge in [-0.15, -0.1) is 10.2 Å². The van der Waals surface area contributed by atoms with Gasteiger partial charge in [-0.05, 0) is 53.9 Å². The van der Waals surface area contributed by atoms with E-state index in [0.717, 1.165) is 11.0 Å². The summed E-state index contributed by atoms with van der Waals surface area (Å²) in [5.41, 5.74) is 0.822. The number of carbonyl (C=O) groups excluding carboxylic acids is 1. The highest BCUT2D eigenvalue weighted by molar-refractivity contribution is 6.10. The smallest absolute Gasteiger partial charge is 0.392 e. The lowest BCUT2D eigenvalue weighted by molar-refractivity contribution is -0.138. The van der Waals surface area contributed by atoms with E-state index in [-0.39, 0.29) is 29.1 Å². The molecule has 0 fully saturated rings. The quantitative estimate of drug-likeness (QED) is 0.351. The van der Waals surface area contributed by atoms with Gasteiger partial charge in [-0.1, -0.05) is 6.07 Å². The van der Waals surface area contributed by atoms with Crippen molar-refractivity contribution in [3.05, 3.63) is 77.0 Å². The Balaban J connectivity index is 1.65. The summed E-state index contributed by atoms with van der Waals surface area (Å²) in [5.74, 6) is -0.635. The molecule has 0 unspecified atom stereocenters. The second-order valence-electron chi connectivity index (χ2n) is 8.79. The summed E-state index contributed by atoms with van der Waals surface area (Å²) in [5, 5.41) is 20.6. The fourth-order valence-electron chi connectivity index (χ4n) is 4.61. The van der Waals surface area contributed by atoms with E-state index in [9.17, 15) is 27.5 Å². The molecule has 0 atom stereocenters. The first-order valence-electron chi connectivity index (χ1n) is 11.7. The fourth-order valence-corrected chi connectivity index (χ4v) is 4.61. The van der Waals surface area contributed by atoms with Crippen LogP contribution in [0.2, 0.25) is 0 Å². The average molecular weight is 526 g/mol. The number of carbonyl (C=O) groups is 1. The minimum absolute atomic E-state index is 0.0120. The third-order valence-corrected chi connectivity index (χ3v) is 6.35. The molecule has 12 heteroatoms. The van der Waals surface area contributed by atoms with E-state index in [2.05, 4.69) is 20.5 Å². The van der Waals surface area contributed by atoms with Crippen LogP contribution >= 0.6 is 0 Å². The third kappa shape index (κ3) is 4.36. The number of hydrogen-bond acceptors (Lipinski definition) is 6. The Morgan fingerprint density at radius 1 is 1.08 bits per heavy atom. The van der Waals surface area contributed by atoms with Gasteiger partial charge >= 0.3 is 6.18 Å². The highest BCUT2D eigenvalue weighted by Crippen LogP contribution is 2.41. The first kappa shape index (κ1) is 25.3. The standard InChI is InChI=1S/C26H22F4N6O2/c1-3-31-22-10-32-23(9-17(22)16-5-4-15(27)8-18(16)24-34-33-13-35(24)2)36-11-20-19(25(36)38)6-14(12-37)7-21(20)26(28,29)30/h4-10,13,31,37H,3,11-12H2,1-2H3. The second-order valence-corrected chi connectivity index (χ2v) is 8.79. The molecule has 0 saturated heterocycles. The first-order valence-corrected chi connectivity index (χ1v) is 11.7. The van der Waals surface area contributed by atoms with Crippen LogP contribution in [0.1, 0.15) is 34.0 Å². The highest BCUT2D eigenvalue weighted by Gasteiger charge is 2.41. The van der Waals surface area contributed by atoms with Crippen LogP contribution in [0.5, 0.6) is 0 Å². The Hall–Kier alpha value is -4.32. The summed E-state index contributed by atoms with van der Waals surface area (Å²) >= 11 is 0. The minimum atomic E-state index is -4.71. The molecule has 5 rings (SSSR count). The van der Waals surface area contributed by atoms with Crippen LogP contribution in [-0.4, -0.2) is 37.3 Å². The van der Waals surface area contributed by atoms with Crippen molar-refractivity contribution in [1.82, 2.24) is 19.7 Å². The number of halogens is 4. The highest BCUT2D eigenvalue weighted by atomic mass is 19.4. The number of fused-ring (bicyclic) bond motifs is 1. The van der Waals surface area contributed by atoms with Gasteiger partial charge in [0, 0.05) is 30.3 Å². The Labute approximate surface area is 214 Å². The summed E-state index contributed by atoms with van der Waals surface area (Å²) in [6.07, 6.45) is -1.75. The molecule has 1 aliphatic rings. The SMILES string of the molecule is CCNc1cnc(N2Cc3c(cc(CO)cc3C(F)(F)F)C2=O)cc1-c1ccc(F)cc1-c1nncn1C. The van der Waals surface area contributed by atoms with Crippen molar-refractivity contribution < 1.29 is 27.5 Å². The monoisotopic (exact) mass is 526 g/mol. The number of aryl methyl sites for hydroxylation is 1. The maximum absolute atomic E-state index is 14.3. The van der Waals surface area contributed by atoms with E-state index in [1.807, 2.05) is 6.92 Å². The van der Waals surface area contributed by atoms with Gasteiger partial charge in [-0.2, -0.15) is 13.2 Å². The lowest BCUT2D eigenvalue weighted by atomic mass is 9.98.